The Bertz CT molecular complexity index is 414. The topological polar surface area (TPSA) is 47.6 Å². The average molecular weight is 263 g/mol. The minimum absolute atomic E-state index is 0.0711. The molecule has 104 valence electrons. The standard InChI is InChI=1S/C15H21NO3/c1-18-14-7-3-2-5-12(14)8-9-16-15(17)11-13-6-4-10-19-13/h2-3,5,7,13H,4,6,8-11H2,1H3,(H,16,17)/t13-/m0/s1. The molecule has 4 heteroatoms. The summed E-state index contributed by atoms with van der Waals surface area (Å²) in [6.45, 7) is 1.42. The highest BCUT2D eigenvalue weighted by Gasteiger charge is 2.18. The lowest BCUT2D eigenvalue weighted by Gasteiger charge is -2.11. The van der Waals surface area contributed by atoms with Crippen molar-refractivity contribution in [2.24, 2.45) is 0 Å². The third-order valence-electron chi connectivity index (χ3n) is 3.35. The van der Waals surface area contributed by atoms with Gasteiger partial charge in [-0.1, -0.05) is 18.2 Å². The average Bonchev–Trinajstić information content (AvgIpc) is 2.92. The molecule has 1 atom stereocenters. The lowest BCUT2D eigenvalue weighted by Crippen LogP contribution is -2.29. The molecule has 0 unspecified atom stereocenters. The van der Waals surface area contributed by atoms with E-state index in [9.17, 15) is 4.79 Å². The Morgan fingerprint density at radius 2 is 2.32 bits per heavy atom. The monoisotopic (exact) mass is 263 g/mol. The quantitative estimate of drug-likeness (QED) is 0.853. The van der Waals surface area contributed by atoms with Crippen molar-refractivity contribution in [2.45, 2.75) is 31.8 Å². The number of hydrogen-bond donors (Lipinski definition) is 1. The number of nitrogens with one attached hydrogen (secondary N) is 1. The summed E-state index contributed by atoms with van der Waals surface area (Å²) < 4.78 is 10.7. The van der Waals surface area contributed by atoms with Crippen LogP contribution in [0.1, 0.15) is 24.8 Å². The van der Waals surface area contributed by atoms with Crippen LogP contribution in [-0.4, -0.2) is 32.3 Å². The second-order valence-corrected chi connectivity index (χ2v) is 4.75. The van der Waals surface area contributed by atoms with Crippen LogP contribution in [0.15, 0.2) is 24.3 Å². The van der Waals surface area contributed by atoms with Gasteiger partial charge in [-0.25, -0.2) is 0 Å². The number of para-hydroxylation sites is 1. The number of methoxy groups -OCH3 is 1. The van der Waals surface area contributed by atoms with Crippen LogP contribution < -0.4 is 10.1 Å². The van der Waals surface area contributed by atoms with Crippen LogP contribution in [-0.2, 0) is 16.0 Å². The van der Waals surface area contributed by atoms with E-state index in [0.29, 0.717) is 13.0 Å². The highest BCUT2D eigenvalue weighted by Crippen LogP contribution is 2.17. The lowest BCUT2D eigenvalue weighted by atomic mass is 10.1. The molecular weight excluding hydrogens is 242 g/mol. The zero-order valence-electron chi connectivity index (χ0n) is 11.4. The van der Waals surface area contributed by atoms with Gasteiger partial charge in [-0.05, 0) is 30.9 Å². The second-order valence-electron chi connectivity index (χ2n) is 4.75. The molecule has 1 aliphatic rings. The Labute approximate surface area is 114 Å². The van der Waals surface area contributed by atoms with Crippen molar-refractivity contribution in [1.82, 2.24) is 5.32 Å². The van der Waals surface area contributed by atoms with Crippen LogP contribution in [0.5, 0.6) is 5.75 Å². The first-order valence-electron chi connectivity index (χ1n) is 6.80. The van der Waals surface area contributed by atoms with Crippen LogP contribution in [0.4, 0.5) is 0 Å². The molecule has 1 aromatic rings. The summed E-state index contributed by atoms with van der Waals surface area (Å²) >= 11 is 0. The molecule has 1 fully saturated rings. The molecule has 2 rings (SSSR count). The van der Waals surface area contributed by atoms with E-state index < -0.39 is 0 Å². The van der Waals surface area contributed by atoms with Gasteiger partial charge in [-0.2, -0.15) is 0 Å². The summed E-state index contributed by atoms with van der Waals surface area (Å²) in [5, 5.41) is 2.93. The van der Waals surface area contributed by atoms with Crippen molar-refractivity contribution in [3.05, 3.63) is 29.8 Å². The second kappa shape index (κ2) is 7.14. The van der Waals surface area contributed by atoms with Gasteiger partial charge in [0.25, 0.3) is 0 Å². The first kappa shape index (κ1) is 13.9. The molecule has 0 radical (unpaired) electrons. The van der Waals surface area contributed by atoms with Crippen molar-refractivity contribution in [3.63, 3.8) is 0 Å². The van der Waals surface area contributed by atoms with Gasteiger partial charge < -0.3 is 14.8 Å². The number of amides is 1. The summed E-state index contributed by atoms with van der Waals surface area (Å²) in [7, 11) is 1.66. The Kier molecular flexibility index (Phi) is 5.21. The van der Waals surface area contributed by atoms with Crippen molar-refractivity contribution in [2.75, 3.05) is 20.3 Å². The molecule has 1 aliphatic heterocycles. The van der Waals surface area contributed by atoms with Gasteiger partial charge in [0.15, 0.2) is 0 Å². The van der Waals surface area contributed by atoms with E-state index in [1.165, 1.54) is 0 Å². The van der Waals surface area contributed by atoms with Crippen LogP contribution >= 0.6 is 0 Å². The van der Waals surface area contributed by atoms with Crippen molar-refractivity contribution in [1.29, 1.82) is 0 Å². The summed E-state index contributed by atoms with van der Waals surface area (Å²) in [4.78, 5) is 11.7. The molecule has 1 saturated heterocycles. The van der Waals surface area contributed by atoms with E-state index in [1.54, 1.807) is 7.11 Å². The third kappa shape index (κ3) is 4.24. The molecule has 0 aliphatic carbocycles. The van der Waals surface area contributed by atoms with E-state index in [-0.39, 0.29) is 12.0 Å². The Balaban J connectivity index is 1.72. The molecule has 0 spiro atoms. The molecule has 0 saturated carbocycles. The molecule has 0 aromatic heterocycles. The number of carbonyl (C=O) groups excluding carboxylic acids is 1. The first-order chi connectivity index (χ1) is 9.29. The third-order valence-corrected chi connectivity index (χ3v) is 3.35. The molecule has 1 N–H and O–H groups in total. The minimum Gasteiger partial charge on any atom is -0.496 e. The van der Waals surface area contributed by atoms with Crippen LogP contribution in [0.25, 0.3) is 0 Å². The van der Waals surface area contributed by atoms with Crippen LogP contribution in [0.3, 0.4) is 0 Å². The van der Waals surface area contributed by atoms with E-state index in [2.05, 4.69) is 5.32 Å². The molecular formula is C15H21NO3. The predicted octanol–water partition coefficient (Wildman–Crippen LogP) is 1.92. The molecule has 1 heterocycles. The summed E-state index contributed by atoms with van der Waals surface area (Å²) in [5.41, 5.74) is 1.11. The van der Waals surface area contributed by atoms with Crippen molar-refractivity contribution >= 4 is 5.91 Å². The maximum absolute atomic E-state index is 11.7. The smallest absolute Gasteiger partial charge is 0.222 e. The highest BCUT2D eigenvalue weighted by atomic mass is 16.5. The maximum atomic E-state index is 11.7. The number of benzene rings is 1. The number of carbonyl (C=O) groups is 1. The summed E-state index contributed by atoms with van der Waals surface area (Å²) in [6.07, 6.45) is 3.44. The minimum atomic E-state index is 0.0711. The number of rotatable bonds is 6. The fraction of sp³-hybridized carbons (Fsp3) is 0.533. The fourth-order valence-corrected chi connectivity index (χ4v) is 2.33. The normalized spacial score (nSPS) is 18.3. The molecule has 1 aromatic carbocycles. The SMILES string of the molecule is COc1ccccc1CCNC(=O)C[C@@H]1CCCO1. The van der Waals surface area contributed by atoms with Gasteiger partial charge in [-0.3, -0.25) is 4.79 Å². The number of hydrogen-bond acceptors (Lipinski definition) is 3. The lowest BCUT2D eigenvalue weighted by molar-refractivity contribution is -0.123. The van der Waals surface area contributed by atoms with Crippen LogP contribution in [0.2, 0.25) is 0 Å². The zero-order valence-corrected chi connectivity index (χ0v) is 11.4. The predicted molar refractivity (Wildman–Crippen MR) is 73.3 cm³/mol. The number of ether oxygens (including phenoxy) is 2. The Morgan fingerprint density at radius 1 is 1.47 bits per heavy atom. The van der Waals surface area contributed by atoms with Crippen molar-refractivity contribution < 1.29 is 14.3 Å². The van der Waals surface area contributed by atoms with Gasteiger partial charge in [0.05, 0.1) is 19.6 Å². The van der Waals surface area contributed by atoms with Gasteiger partial charge in [0.1, 0.15) is 5.75 Å². The first-order valence-corrected chi connectivity index (χ1v) is 6.80. The largest absolute Gasteiger partial charge is 0.496 e. The summed E-state index contributed by atoms with van der Waals surface area (Å²) in [5.74, 6) is 0.942. The molecule has 19 heavy (non-hydrogen) atoms. The fourth-order valence-electron chi connectivity index (χ4n) is 2.33. The summed E-state index contributed by atoms with van der Waals surface area (Å²) in [6, 6.07) is 7.87. The van der Waals surface area contributed by atoms with Gasteiger partial charge in [-0.15, -0.1) is 0 Å². The molecule has 4 nitrogen and oxygen atoms in total. The van der Waals surface area contributed by atoms with E-state index in [4.69, 9.17) is 9.47 Å². The van der Waals surface area contributed by atoms with Gasteiger partial charge in [0.2, 0.25) is 5.91 Å². The van der Waals surface area contributed by atoms with E-state index in [0.717, 1.165) is 37.2 Å². The van der Waals surface area contributed by atoms with E-state index in [1.807, 2.05) is 24.3 Å². The van der Waals surface area contributed by atoms with Gasteiger partial charge in [0, 0.05) is 13.2 Å². The zero-order chi connectivity index (χ0) is 13.5. The van der Waals surface area contributed by atoms with E-state index >= 15 is 0 Å². The molecule has 1 amide bonds. The maximum Gasteiger partial charge on any atom is 0.222 e. The molecule has 0 bridgehead atoms. The van der Waals surface area contributed by atoms with Crippen LogP contribution in [0, 0.1) is 0 Å². The van der Waals surface area contributed by atoms with Crippen molar-refractivity contribution in [3.8, 4) is 5.75 Å². The Morgan fingerprint density at radius 3 is 3.05 bits per heavy atom. The Hall–Kier alpha value is -1.55. The van der Waals surface area contributed by atoms with Gasteiger partial charge >= 0.3 is 0 Å². The highest BCUT2D eigenvalue weighted by molar-refractivity contribution is 5.76.